The number of thiol groups is 1. The van der Waals surface area contributed by atoms with Gasteiger partial charge in [0.15, 0.2) is 0 Å². The zero-order valence-electron chi connectivity index (χ0n) is 10.6. The number of H-pyrrole nitrogens is 1. The molecule has 1 aromatic heterocycles. The van der Waals surface area contributed by atoms with E-state index in [4.69, 9.17) is 0 Å². The standard InChI is InChI=1S/C10H9NOS.C2H6.C2H4/c1-6-9(13)7-4-2-3-5-8(7)11-10(6)12;2*1-2/h2-5H,1H3,(H2,11,12,13);1-2H3;1-2H2. The Labute approximate surface area is 108 Å². The van der Waals surface area contributed by atoms with Crippen molar-refractivity contribution in [3.05, 3.63) is 53.3 Å². The van der Waals surface area contributed by atoms with Gasteiger partial charge in [-0.05, 0) is 13.0 Å². The molecule has 0 aliphatic rings. The third-order valence-corrected chi connectivity index (χ3v) is 2.70. The zero-order chi connectivity index (χ0) is 13.4. The van der Waals surface area contributed by atoms with Crippen LogP contribution in [0, 0.1) is 6.92 Å². The lowest BCUT2D eigenvalue weighted by Crippen LogP contribution is -2.09. The minimum absolute atomic E-state index is 0.0660. The van der Waals surface area contributed by atoms with Gasteiger partial charge in [0, 0.05) is 21.4 Å². The van der Waals surface area contributed by atoms with Gasteiger partial charge in [0.1, 0.15) is 0 Å². The normalized spacial score (nSPS) is 8.71. The predicted octanol–water partition coefficient (Wildman–Crippen LogP) is 3.95. The molecule has 0 aliphatic heterocycles. The van der Waals surface area contributed by atoms with Crippen LogP contribution in [0.3, 0.4) is 0 Å². The second kappa shape index (κ2) is 7.74. The molecule has 3 heteroatoms. The van der Waals surface area contributed by atoms with Gasteiger partial charge in [-0.3, -0.25) is 4.79 Å². The van der Waals surface area contributed by atoms with Gasteiger partial charge in [-0.1, -0.05) is 32.0 Å². The summed E-state index contributed by atoms with van der Waals surface area (Å²) in [5.74, 6) is 0. The second-order valence-electron chi connectivity index (χ2n) is 2.97. The first-order chi connectivity index (χ1) is 8.20. The van der Waals surface area contributed by atoms with Crippen LogP contribution in [0.2, 0.25) is 0 Å². The highest BCUT2D eigenvalue weighted by molar-refractivity contribution is 7.80. The van der Waals surface area contributed by atoms with E-state index in [1.165, 1.54) is 0 Å². The molecule has 17 heavy (non-hydrogen) atoms. The Bertz CT molecular complexity index is 531. The summed E-state index contributed by atoms with van der Waals surface area (Å²) in [6.45, 7) is 11.8. The van der Waals surface area contributed by atoms with Crippen LogP contribution in [0.25, 0.3) is 10.9 Å². The molecule has 0 radical (unpaired) electrons. The number of rotatable bonds is 0. The van der Waals surface area contributed by atoms with Gasteiger partial charge in [0.05, 0.1) is 0 Å². The van der Waals surface area contributed by atoms with Gasteiger partial charge in [-0.25, -0.2) is 0 Å². The number of aromatic nitrogens is 1. The molecule has 92 valence electrons. The molecule has 0 bridgehead atoms. The highest BCUT2D eigenvalue weighted by Crippen LogP contribution is 2.20. The maximum absolute atomic E-state index is 11.3. The molecular formula is C14H19NOS. The maximum Gasteiger partial charge on any atom is 0.252 e. The summed E-state index contributed by atoms with van der Waals surface area (Å²) < 4.78 is 0. The van der Waals surface area contributed by atoms with Crippen LogP contribution in [-0.4, -0.2) is 4.98 Å². The molecule has 0 fully saturated rings. The molecule has 2 aromatic rings. The number of para-hydroxylation sites is 1. The van der Waals surface area contributed by atoms with Crippen molar-refractivity contribution in [2.45, 2.75) is 25.7 Å². The molecule has 0 aliphatic carbocycles. The van der Waals surface area contributed by atoms with Crippen LogP contribution in [0.1, 0.15) is 19.4 Å². The van der Waals surface area contributed by atoms with Gasteiger partial charge in [-0.15, -0.1) is 25.8 Å². The molecule has 2 nitrogen and oxygen atoms in total. The van der Waals surface area contributed by atoms with E-state index in [-0.39, 0.29) is 5.56 Å². The third-order valence-electron chi connectivity index (χ3n) is 2.13. The van der Waals surface area contributed by atoms with E-state index >= 15 is 0 Å². The number of benzene rings is 1. The Kier molecular flexibility index (Phi) is 7.06. The summed E-state index contributed by atoms with van der Waals surface area (Å²) in [5, 5.41) is 0.989. The van der Waals surface area contributed by atoms with E-state index in [1.54, 1.807) is 6.92 Å². The summed E-state index contributed by atoms with van der Waals surface area (Å²) in [7, 11) is 0. The van der Waals surface area contributed by atoms with Crippen LogP contribution < -0.4 is 5.56 Å². The lowest BCUT2D eigenvalue weighted by atomic mass is 10.2. The smallest absolute Gasteiger partial charge is 0.252 e. The fourth-order valence-electron chi connectivity index (χ4n) is 1.32. The predicted molar refractivity (Wildman–Crippen MR) is 79.2 cm³/mol. The number of pyridine rings is 1. The van der Waals surface area contributed by atoms with Crippen molar-refractivity contribution < 1.29 is 0 Å². The topological polar surface area (TPSA) is 32.9 Å². The Morgan fingerprint density at radius 1 is 1.18 bits per heavy atom. The average Bonchev–Trinajstić information content (AvgIpc) is 2.41. The molecule has 1 aromatic carbocycles. The first-order valence-corrected chi connectivity index (χ1v) is 5.95. The quantitative estimate of drug-likeness (QED) is 0.538. The van der Waals surface area contributed by atoms with Gasteiger partial charge in [0.2, 0.25) is 0 Å². The Morgan fingerprint density at radius 2 is 1.71 bits per heavy atom. The van der Waals surface area contributed by atoms with Crippen LogP contribution in [0.5, 0.6) is 0 Å². The molecular weight excluding hydrogens is 230 g/mol. The number of hydrogen-bond acceptors (Lipinski definition) is 2. The van der Waals surface area contributed by atoms with E-state index in [1.807, 2.05) is 38.1 Å². The molecule has 0 atom stereocenters. The minimum atomic E-state index is -0.0660. The molecule has 1 N–H and O–H groups in total. The van der Waals surface area contributed by atoms with E-state index in [0.29, 0.717) is 5.56 Å². The monoisotopic (exact) mass is 249 g/mol. The molecule has 0 saturated carbocycles. The molecule has 0 amide bonds. The van der Waals surface area contributed by atoms with Gasteiger partial charge in [0.25, 0.3) is 5.56 Å². The van der Waals surface area contributed by atoms with Crippen LogP contribution >= 0.6 is 12.6 Å². The summed E-state index contributed by atoms with van der Waals surface area (Å²) in [6.07, 6.45) is 0. The van der Waals surface area contributed by atoms with E-state index in [2.05, 4.69) is 30.8 Å². The highest BCUT2D eigenvalue weighted by atomic mass is 32.1. The van der Waals surface area contributed by atoms with Crippen LogP contribution in [0.15, 0.2) is 47.1 Å². The third kappa shape index (κ3) is 3.49. The van der Waals surface area contributed by atoms with Gasteiger partial charge in [-0.2, -0.15) is 0 Å². The first-order valence-electron chi connectivity index (χ1n) is 5.51. The lowest BCUT2D eigenvalue weighted by molar-refractivity contribution is 1.18. The first kappa shape index (κ1) is 15.5. The molecule has 1 heterocycles. The summed E-state index contributed by atoms with van der Waals surface area (Å²) >= 11 is 4.31. The SMILES string of the molecule is C=C.CC.Cc1c(S)c2ccccc2[nH]c1=O. The Morgan fingerprint density at radius 3 is 2.29 bits per heavy atom. The fourth-order valence-corrected chi connectivity index (χ4v) is 1.62. The maximum atomic E-state index is 11.3. The highest BCUT2D eigenvalue weighted by Gasteiger charge is 2.03. The largest absolute Gasteiger partial charge is 0.322 e. The van der Waals surface area contributed by atoms with Crippen molar-refractivity contribution in [3.63, 3.8) is 0 Å². The van der Waals surface area contributed by atoms with E-state index < -0.39 is 0 Å². The summed E-state index contributed by atoms with van der Waals surface area (Å²) in [5.41, 5.74) is 1.44. The average molecular weight is 249 g/mol. The fraction of sp³-hybridized carbons (Fsp3) is 0.214. The second-order valence-corrected chi connectivity index (χ2v) is 3.42. The number of nitrogens with one attached hydrogen (secondary N) is 1. The number of fused-ring (bicyclic) bond motifs is 1. The van der Waals surface area contributed by atoms with Crippen molar-refractivity contribution in [1.29, 1.82) is 0 Å². The molecule has 0 saturated heterocycles. The van der Waals surface area contributed by atoms with E-state index in [0.717, 1.165) is 15.8 Å². The molecule has 2 rings (SSSR count). The summed E-state index contributed by atoms with van der Waals surface area (Å²) in [6, 6.07) is 7.64. The van der Waals surface area contributed by atoms with Gasteiger partial charge < -0.3 is 4.98 Å². The van der Waals surface area contributed by atoms with Crippen molar-refractivity contribution in [2.75, 3.05) is 0 Å². The summed E-state index contributed by atoms with van der Waals surface area (Å²) in [4.78, 5) is 14.9. The van der Waals surface area contributed by atoms with Crippen molar-refractivity contribution >= 4 is 23.5 Å². The van der Waals surface area contributed by atoms with E-state index in [9.17, 15) is 4.79 Å². The lowest BCUT2D eigenvalue weighted by Gasteiger charge is -2.02. The van der Waals surface area contributed by atoms with Crippen molar-refractivity contribution in [3.8, 4) is 0 Å². The Hall–Kier alpha value is -1.48. The van der Waals surface area contributed by atoms with Crippen molar-refractivity contribution in [1.82, 2.24) is 4.98 Å². The number of hydrogen-bond donors (Lipinski definition) is 2. The van der Waals surface area contributed by atoms with Crippen LogP contribution in [0.4, 0.5) is 0 Å². The minimum Gasteiger partial charge on any atom is -0.322 e. The van der Waals surface area contributed by atoms with Gasteiger partial charge >= 0.3 is 0 Å². The number of aromatic amines is 1. The molecule has 0 spiro atoms. The van der Waals surface area contributed by atoms with Crippen LogP contribution in [-0.2, 0) is 0 Å². The van der Waals surface area contributed by atoms with Crippen molar-refractivity contribution in [2.24, 2.45) is 0 Å². The molecule has 0 unspecified atom stereocenters. The zero-order valence-corrected chi connectivity index (χ0v) is 11.5. The Balaban J connectivity index is 0.000000581.